The number of carbonyl (C=O) groups excluding carboxylic acids is 1. The van der Waals surface area contributed by atoms with Crippen LogP contribution in [0.4, 0.5) is 5.69 Å². The number of aromatic amines is 2. The van der Waals surface area contributed by atoms with Crippen molar-refractivity contribution in [2.45, 2.75) is 0 Å². The van der Waals surface area contributed by atoms with Crippen LogP contribution in [0.3, 0.4) is 0 Å². The van der Waals surface area contributed by atoms with Crippen molar-refractivity contribution in [1.82, 2.24) is 25.6 Å². The minimum absolute atomic E-state index is 0.196. The van der Waals surface area contributed by atoms with E-state index in [4.69, 9.17) is 0 Å². The molecule has 0 saturated carbocycles. The van der Waals surface area contributed by atoms with Gasteiger partial charge in [-0.15, -0.1) is 0 Å². The number of nitrogens with one attached hydrogen (secondary N) is 3. The minimum atomic E-state index is -0.196. The lowest BCUT2D eigenvalue weighted by atomic mass is 10.1. The summed E-state index contributed by atoms with van der Waals surface area (Å²) in [5.74, 6) is -0.196. The molecule has 1 amide bonds. The van der Waals surface area contributed by atoms with Crippen LogP contribution in [0.2, 0.25) is 0 Å². The SMILES string of the molecule is O=C(Nc1ccc2cn[nH]c2c1)c1ccc2n[nH]nc2c1. The average molecular weight is 278 g/mol. The lowest BCUT2D eigenvalue weighted by molar-refractivity contribution is 0.102. The fourth-order valence-electron chi connectivity index (χ4n) is 2.20. The maximum absolute atomic E-state index is 12.3. The molecule has 102 valence electrons. The second kappa shape index (κ2) is 4.41. The monoisotopic (exact) mass is 278 g/mol. The Bertz CT molecular complexity index is 954. The first-order valence-corrected chi connectivity index (χ1v) is 6.35. The normalized spacial score (nSPS) is 11.0. The second-order valence-corrected chi connectivity index (χ2v) is 4.65. The molecule has 21 heavy (non-hydrogen) atoms. The molecule has 4 aromatic rings. The average Bonchev–Trinajstić information content (AvgIpc) is 3.14. The number of rotatable bonds is 2. The van der Waals surface area contributed by atoms with Crippen LogP contribution < -0.4 is 5.32 Å². The van der Waals surface area contributed by atoms with Gasteiger partial charge in [0.05, 0.1) is 11.7 Å². The highest BCUT2D eigenvalue weighted by molar-refractivity contribution is 6.06. The summed E-state index contributed by atoms with van der Waals surface area (Å²) in [4.78, 5) is 12.3. The third-order valence-corrected chi connectivity index (χ3v) is 3.28. The molecule has 7 heteroatoms. The van der Waals surface area contributed by atoms with Gasteiger partial charge in [-0.05, 0) is 36.4 Å². The van der Waals surface area contributed by atoms with Crippen LogP contribution in [0.15, 0.2) is 42.6 Å². The first-order chi connectivity index (χ1) is 10.3. The Morgan fingerprint density at radius 2 is 1.95 bits per heavy atom. The summed E-state index contributed by atoms with van der Waals surface area (Å²) < 4.78 is 0. The van der Waals surface area contributed by atoms with Crippen molar-refractivity contribution in [3.63, 3.8) is 0 Å². The smallest absolute Gasteiger partial charge is 0.255 e. The van der Waals surface area contributed by atoms with Gasteiger partial charge in [0.25, 0.3) is 5.91 Å². The van der Waals surface area contributed by atoms with Gasteiger partial charge < -0.3 is 5.32 Å². The molecule has 0 spiro atoms. The summed E-state index contributed by atoms with van der Waals surface area (Å²) in [6, 6.07) is 10.7. The third-order valence-electron chi connectivity index (χ3n) is 3.28. The molecular weight excluding hydrogens is 268 g/mol. The maximum atomic E-state index is 12.3. The van der Waals surface area contributed by atoms with E-state index in [1.165, 1.54) is 0 Å². The fourth-order valence-corrected chi connectivity index (χ4v) is 2.20. The topological polar surface area (TPSA) is 99.4 Å². The standard InChI is InChI=1S/C14H10N6O/c21-14(8-2-4-11-13(5-8)19-20-18-11)16-10-3-1-9-7-15-17-12(9)6-10/h1-7H,(H,15,17)(H,16,21)(H,18,19,20). The van der Waals surface area contributed by atoms with Crippen molar-refractivity contribution in [3.05, 3.63) is 48.2 Å². The number of H-pyrrole nitrogens is 2. The summed E-state index contributed by atoms with van der Waals surface area (Å²) in [5.41, 5.74) is 3.50. The number of amides is 1. The zero-order valence-electron chi connectivity index (χ0n) is 10.8. The van der Waals surface area contributed by atoms with Gasteiger partial charge in [-0.1, -0.05) is 0 Å². The summed E-state index contributed by atoms with van der Waals surface area (Å²) in [5, 5.41) is 21.1. The van der Waals surface area contributed by atoms with Gasteiger partial charge in [0.15, 0.2) is 0 Å². The van der Waals surface area contributed by atoms with Crippen molar-refractivity contribution >= 4 is 33.5 Å². The number of fused-ring (bicyclic) bond motifs is 2. The highest BCUT2D eigenvalue weighted by Crippen LogP contribution is 2.18. The molecule has 2 aromatic carbocycles. The first kappa shape index (κ1) is 11.6. The molecule has 2 heterocycles. The quantitative estimate of drug-likeness (QED) is 0.522. The predicted octanol–water partition coefficient (Wildman–Crippen LogP) is 2.09. The van der Waals surface area contributed by atoms with Gasteiger partial charge in [-0.2, -0.15) is 20.5 Å². The van der Waals surface area contributed by atoms with Gasteiger partial charge in [0, 0.05) is 16.6 Å². The minimum Gasteiger partial charge on any atom is -0.322 e. The molecule has 0 fully saturated rings. The largest absolute Gasteiger partial charge is 0.322 e. The fraction of sp³-hybridized carbons (Fsp3) is 0. The van der Waals surface area contributed by atoms with Crippen LogP contribution >= 0.6 is 0 Å². The molecule has 2 aromatic heterocycles. The van der Waals surface area contributed by atoms with Crippen molar-refractivity contribution < 1.29 is 4.79 Å². The van der Waals surface area contributed by atoms with E-state index in [9.17, 15) is 4.79 Å². The Morgan fingerprint density at radius 1 is 1.05 bits per heavy atom. The molecule has 0 unspecified atom stereocenters. The van der Waals surface area contributed by atoms with E-state index >= 15 is 0 Å². The highest BCUT2D eigenvalue weighted by Gasteiger charge is 2.09. The molecule has 0 radical (unpaired) electrons. The van der Waals surface area contributed by atoms with Crippen LogP contribution in [0.25, 0.3) is 21.9 Å². The van der Waals surface area contributed by atoms with E-state index in [-0.39, 0.29) is 5.91 Å². The Hall–Kier alpha value is -3.22. The molecule has 0 saturated heterocycles. The highest BCUT2D eigenvalue weighted by atomic mass is 16.1. The molecule has 3 N–H and O–H groups in total. The van der Waals surface area contributed by atoms with E-state index in [1.54, 1.807) is 24.4 Å². The molecule has 0 atom stereocenters. The number of hydrogen-bond acceptors (Lipinski definition) is 4. The lowest BCUT2D eigenvalue weighted by Gasteiger charge is -2.05. The van der Waals surface area contributed by atoms with Crippen molar-refractivity contribution in [3.8, 4) is 0 Å². The van der Waals surface area contributed by atoms with Crippen LogP contribution in [0.5, 0.6) is 0 Å². The molecule has 0 bridgehead atoms. The van der Waals surface area contributed by atoms with E-state index in [1.807, 2.05) is 18.2 Å². The van der Waals surface area contributed by atoms with Gasteiger partial charge in [-0.25, -0.2) is 0 Å². The Labute approximate surface area is 118 Å². The zero-order chi connectivity index (χ0) is 14.2. The summed E-state index contributed by atoms with van der Waals surface area (Å²) >= 11 is 0. The Kier molecular flexibility index (Phi) is 2.43. The molecular formula is C14H10N6O. The number of aromatic nitrogens is 5. The Morgan fingerprint density at radius 3 is 2.90 bits per heavy atom. The molecule has 0 aliphatic rings. The van der Waals surface area contributed by atoms with E-state index < -0.39 is 0 Å². The van der Waals surface area contributed by atoms with Crippen molar-refractivity contribution in [2.24, 2.45) is 0 Å². The summed E-state index contributed by atoms with van der Waals surface area (Å²) in [6.07, 6.45) is 1.74. The molecule has 0 aliphatic carbocycles. The zero-order valence-corrected chi connectivity index (χ0v) is 10.8. The van der Waals surface area contributed by atoms with E-state index in [0.717, 1.165) is 16.4 Å². The van der Waals surface area contributed by atoms with Crippen LogP contribution in [0.1, 0.15) is 10.4 Å². The van der Waals surface area contributed by atoms with Crippen LogP contribution in [-0.2, 0) is 0 Å². The predicted molar refractivity (Wildman–Crippen MR) is 77.9 cm³/mol. The second-order valence-electron chi connectivity index (χ2n) is 4.65. The van der Waals surface area contributed by atoms with Gasteiger partial charge in [0.1, 0.15) is 11.0 Å². The molecule has 0 aliphatic heterocycles. The number of hydrogen-bond donors (Lipinski definition) is 3. The Balaban J connectivity index is 1.64. The van der Waals surface area contributed by atoms with Crippen LogP contribution in [-0.4, -0.2) is 31.5 Å². The summed E-state index contributed by atoms with van der Waals surface area (Å²) in [7, 11) is 0. The molecule has 4 rings (SSSR count). The van der Waals surface area contributed by atoms with Crippen molar-refractivity contribution in [1.29, 1.82) is 0 Å². The van der Waals surface area contributed by atoms with Gasteiger partial charge >= 0.3 is 0 Å². The number of carbonyl (C=O) groups is 1. The first-order valence-electron chi connectivity index (χ1n) is 6.35. The van der Waals surface area contributed by atoms with Crippen molar-refractivity contribution in [2.75, 3.05) is 5.32 Å². The number of benzene rings is 2. The van der Waals surface area contributed by atoms with Crippen LogP contribution in [0, 0.1) is 0 Å². The third kappa shape index (κ3) is 2.00. The van der Waals surface area contributed by atoms with E-state index in [2.05, 4.69) is 30.9 Å². The van der Waals surface area contributed by atoms with Gasteiger partial charge in [-0.3, -0.25) is 9.89 Å². The lowest BCUT2D eigenvalue weighted by Crippen LogP contribution is -2.11. The summed E-state index contributed by atoms with van der Waals surface area (Å²) in [6.45, 7) is 0. The number of nitrogens with zero attached hydrogens (tertiary/aromatic N) is 3. The maximum Gasteiger partial charge on any atom is 0.255 e. The molecule has 7 nitrogen and oxygen atoms in total. The number of anilines is 1. The van der Waals surface area contributed by atoms with Gasteiger partial charge in [0.2, 0.25) is 0 Å². The van der Waals surface area contributed by atoms with E-state index in [0.29, 0.717) is 16.8 Å².